The highest BCUT2D eigenvalue weighted by molar-refractivity contribution is 6.32. The third-order valence-electron chi connectivity index (χ3n) is 1.53. The number of carbonyl (C=O) groups excluding carboxylic acids is 1. The van der Waals surface area contributed by atoms with Gasteiger partial charge >= 0.3 is 0 Å². The van der Waals surface area contributed by atoms with Crippen LogP contribution >= 0.6 is 11.6 Å². The van der Waals surface area contributed by atoms with Crippen molar-refractivity contribution in [1.29, 1.82) is 0 Å². The van der Waals surface area contributed by atoms with Gasteiger partial charge in [-0.1, -0.05) is 11.6 Å². The van der Waals surface area contributed by atoms with Gasteiger partial charge < -0.3 is 10.5 Å². The Balaban J connectivity index is 3.31. The highest BCUT2D eigenvalue weighted by atomic mass is 35.5. The number of methoxy groups -OCH3 is 1. The largest absolute Gasteiger partial charge is 0.495 e. The Labute approximate surface area is 79.2 Å². The molecule has 0 aromatic heterocycles. The van der Waals surface area contributed by atoms with Crippen LogP contribution in [0.2, 0.25) is 5.02 Å². The lowest BCUT2D eigenvalue weighted by Crippen LogP contribution is -2.13. The van der Waals surface area contributed by atoms with E-state index in [-0.39, 0.29) is 16.3 Å². The molecule has 0 atom stereocenters. The summed E-state index contributed by atoms with van der Waals surface area (Å²) in [6.07, 6.45) is 0. The second kappa shape index (κ2) is 3.62. The highest BCUT2D eigenvalue weighted by Gasteiger charge is 2.15. The summed E-state index contributed by atoms with van der Waals surface area (Å²) in [4.78, 5) is 10.7. The van der Waals surface area contributed by atoms with Crippen LogP contribution in [0.1, 0.15) is 10.4 Å². The molecule has 2 N–H and O–H groups in total. The van der Waals surface area contributed by atoms with Gasteiger partial charge in [-0.3, -0.25) is 4.79 Å². The lowest BCUT2D eigenvalue weighted by Gasteiger charge is -2.05. The van der Waals surface area contributed by atoms with Crippen LogP contribution in [0, 0.1) is 5.82 Å². The van der Waals surface area contributed by atoms with Gasteiger partial charge in [0.2, 0.25) is 0 Å². The van der Waals surface area contributed by atoms with Gasteiger partial charge in [0.1, 0.15) is 10.8 Å². The van der Waals surface area contributed by atoms with Crippen LogP contribution < -0.4 is 10.5 Å². The van der Waals surface area contributed by atoms with E-state index in [2.05, 4.69) is 0 Å². The number of hydrogen-bond acceptors (Lipinski definition) is 2. The predicted octanol–water partition coefficient (Wildman–Crippen LogP) is 1.59. The van der Waals surface area contributed by atoms with Gasteiger partial charge in [0.05, 0.1) is 12.7 Å². The molecule has 13 heavy (non-hydrogen) atoms. The fourth-order valence-corrected chi connectivity index (χ4v) is 1.12. The molecule has 1 rings (SSSR count). The minimum atomic E-state index is -0.859. The van der Waals surface area contributed by atoms with Crippen molar-refractivity contribution < 1.29 is 13.9 Å². The number of benzene rings is 1. The summed E-state index contributed by atoms with van der Waals surface area (Å²) in [5, 5.41) is -0.237. The maximum Gasteiger partial charge on any atom is 0.251 e. The molecule has 0 aliphatic carbocycles. The van der Waals surface area contributed by atoms with Gasteiger partial charge in [-0.2, -0.15) is 0 Å². The summed E-state index contributed by atoms with van der Waals surface area (Å²) in [7, 11) is 1.35. The SMILES string of the molecule is COc1ccc(C(N)=O)c(F)c1Cl. The fourth-order valence-electron chi connectivity index (χ4n) is 0.880. The number of rotatable bonds is 2. The summed E-state index contributed by atoms with van der Waals surface area (Å²) < 4.78 is 17.9. The van der Waals surface area contributed by atoms with E-state index in [1.807, 2.05) is 0 Å². The first kappa shape index (κ1) is 9.80. The van der Waals surface area contributed by atoms with E-state index in [0.29, 0.717) is 0 Å². The minimum Gasteiger partial charge on any atom is -0.495 e. The fraction of sp³-hybridized carbons (Fsp3) is 0.125. The molecule has 0 unspecified atom stereocenters. The summed E-state index contributed by atoms with van der Waals surface area (Å²) in [5.41, 5.74) is 4.65. The second-order valence-electron chi connectivity index (χ2n) is 2.31. The van der Waals surface area contributed by atoms with Crippen molar-refractivity contribution in [3.63, 3.8) is 0 Å². The van der Waals surface area contributed by atoms with Crippen molar-refractivity contribution in [3.05, 3.63) is 28.5 Å². The van der Waals surface area contributed by atoms with Crippen molar-refractivity contribution in [2.45, 2.75) is 0 Å². The zero-order chi connectivity index (χ0) is 10.0. The molecule has 0 fully saturated rings. The normalized spacial score (nSPS) is 9.77. The number of halogens is 2. The third-order valence-corrected chi connectivity index (χ3v) is 1.88. The van der Waals surface area contributed by atoms with Gasteiger partial charge in [-0.25, -0.2) is 4.39 Å². The summed E-state index contributed by atoms with van der Waals surface area (Å²) in [5.74, 6) is -1.54. The molecule has 1 amide bonds. The average Bonchev–Trinajstić information content (AvgIpc) is 2.09. The molecule has 0 spiro atoms. The van der Waals surface area contributed by atoms with Crippen LogP contribution in [0.15, 0.2) is 12.1 Å². The Morgan fingerprint density at radius 2 is 2.23 bits per heavy atom. The molecular formula is C8H7ClFNO2. The van der Waals surface area contributed by atoms with Crippen molar-refractivity contribution >= 4 is 17.5 Å². The van der Waals surface area contributed by atoms with Crippen LogP contribution in [0.4, 0.5) is 4.39 Å². The number of carbonyl (C=O) groups is 1. The number of primary amides is 1. The van der Waals surface area contributed by atoms with Gasteiger partial charge in [-0.05, 0) is 12.1 Å². The Kier molecular flexibility index (Phi) is 2.72. The zero-order valence-electron chi connectivity index (χ0n) is 6.80. The summed E-state index contributed by atoms with van der Waals surface area (Å²) in [6.45, 7) is 0. The molecule has 3 nitrogen and oxygen atoms in total. The molecule has 0 aliphatic heterocycles. The lowest BCUT2D eigenvalue weighted by atomic mass is 10.2. The summed E-state index contributed by atoms with van der Waals surface area (Å²) >= 11 is 5.53. The number of amides is 1. The van der Waals surface area contributed by atoms with Crippen LogP contribution in [0.25, 0.3) is 0 Å². The first-order chi connectivity index (χ1) is 6.07. The first-order valence-corrected chi connectivity index (χ1v) is 3.77. The van der Waals surface area contributed by atoms with Crippen molar-refractivity contribution in [3.8, 4) is 5.75 Å². The second-order valence-corrected chi connectivity index (χ2v) is 2.69. The van der Waals surface area contributed by atoms with Crippen LogP contribution in [-0.2, 0) is 0 Å². The lowest BCUT2D eigenvalue weighted by molar-refractivity contribution is 0.0996. The van der Waals surface area contributed by atoms with Crippen molar-refractivity contribution in [1.82, 2.24) is 0 Å². The first-order valence-electron chi connectivity index (χ1n) is 3.39. The average molecular weight is 204 g/mol. The van der Waals surface area contributed by atoms with Crippen molar-refractivity contribution in [2.75, 3.05) is 7.11 Å². The maximum absolute atomic E-state index is 13.2. The summed E-state index contributed by atoms with van der Waals surface area (Å²) in [6, 6.07) is 2.61. The molecule has 1 aromatic rings. The van der Waals surface area contributed by atoms with E-state index in [4.69, 9.17) is 22.1 Å². The van der Waals surface area contributed by atoms with Crippen LogP contribution in [0.3, 0.4) is 0 Å². The Morgan fingerprint density at radius 3 is 2.69 bits per heavy atom. The molecular weight excluding hydrogens is 197 g/mol. The maximum atomic E-state index is 13.2. The standard InChI is InChI=1S/C8H7ClFNO2/c1-13-5-3-2-4(8(11)12)7(10)6(5)9/h2-3H,1H3,(H2,11,12). The molecule has 0 saturated heterocycles. The molecule has 0 radical (unpaired) electrons. The number of hydrogen-bond donors (Lipinski definition) is 1. The van der Waals surface area contributed by atoms with E-state index in [9.17, 15) is 9.18 Å². The number of ether oxygens (including phenoxy) is 1. The monoisotopic (exact) mass is 203 g/mol. The van der Waals surface area contributed by atoms with E-state index in [0.717, 1.165) is 0 Å². The Morgan fingerprint density at radius 1 is 1.62 bits per heavy atom. The molecule has 5 heteroatoms. The van der Waals surface area contributed by atoms with Crippen LogP contribution in [-0.4, -0.2) is 13.0 Å². The topological polar surface area (TPSA) is 52.3 Å². The number of nitrogens with two attached hydrogens (primary N) is 1. The van der Waals surface area contributed by atoms with E-state index >= 15 is 0 Å². The molecule has 70 valence electrons. The Hall–Kier alpha value is -1.29. The van der Waals surface area contributed by atoms with E-state index in [1.165, 1.54) is 19.2 Å². The third kappa shape index (κ3) is 1.72. The van der Waals surface area contributed by atoms with E-state index < -0.39 is 11.7 Å². The van der Waals surface area contributed by atoms with Gasteiger partial charge in [0.25, 0.3) is 5.91 Å². The van der Waals surface area contributed by atoms with Gasteiger partial charge in [0, 0.05) is 0 Å². The highest BCUT2D eigenvalue weighted by Crippen LogP contribution is 2.28. The quantitative estimate of drug-likeness (QED) is 0.794. The Bertz CT molecular complexity index is 354. The molecule has 0 saturated carbocycles. The van der Waals surface area contributed by atoms with Crippen LogP contribution in [0.5, 0.6) is 5.75 Å². The van der Waals surface area contributed by atoms with E-state index in [1.54, 1.807) is 0 Å². The molecule has 1 aromatic carbocycles. The molecule has 0 heterocycles. The predicted molar refractivity (Wildman–Crippen MR) is 46.5 cm³/mol. The van der Waals surface area contributed by atoms with Crippen molar-refractivity contribution in [2.24, 2.45) is 5.73 Å². The van der Waals surface area contributed by atoms with Gasteiger partial charge in [0.15, 0.2) is 5.82 Å². The minimum absolute atomic E-state index is 0.171. The van der Waals surface area contributed by atoms with Gasteiger partial charge in [-0.15, -0.1) is 0 Å². The zero-order valence-corrected chi connectivity index (χ0v) is 7.56. The molecule has 0 aliphatic rings. The smallest absolute Gasteiger partial charge is 0.251 e. The molecule has 0 bridgehead atoms.